The van der Waals surface area contributed by atoms with E-state index < -0.39 is 11.6 Å². The normalized spacial score (nSPS) is 10.3. The Kier molecular flexibility index (Phi) is 4.37. The van der Waals surface area contributed by atoms with Crippen molar-refractivity contribution >= 4 is 21.6 Å². The summed E-state index contributed by atoms with van der Waals surface area (Å²) in [6.45, 7) is 0.392. The second-order valence-corrected chi connectivity index (χ2v) is 4.78. The third-order valence-corrected chi connectivity index (χ3v) is 3.27. The first-order chi connectivity index (χ1) is 9.11. The predicted molar refractivity (Wildman–Crippen MR) is 74.4 cm³/mol. The molecule has 0 heterocycles. The minimum atomic E-state index is -0.866. The molecule has 0 aliphatic carbocycles. The molecule has 2 aromatic rings. The molecule has 0 saturated carbocycles. The maximum absolute atomic E-state index is 13.4. The second-order valence-electron chi connectivity index (χ2n) is 3.92. The van der Waals surface area contributed by atoms with Gasteiger partial charge in [-0.3, -0.25) is 0 Å². The third kappa shape index (κ3) is 3.23. The molecule has 0 radical (unpaired) electrons. The molecule has 0 aromatic heterocycles. The van der Waals surface area contributed by atoms with Crippen LogP contribution in [0, 0.1) is 11.6 Å². The first-order valence-electron chi connectivity index (χ1n) is 5.62. The second kappa shape index (κ2) is 6.02. The Labute approximate surface area is 118 Å². The Morgan fingerprint density at radius 1 is 1.21 bits per heavy atom. The molecule has 19 heavy (non-hydrogen) atoms. The van der Waals surface area contributed by atoms with Crippen LogP contribution in [0.3, 0.4) is 0 Å². The fourth-order valence-corrected chi connectivity index (χ4v) is 2.25. The van der Waals surface area contributed by atoms with Crippen molar-refractivity contribution in [3.8, 4) is 5.75 Å². The SMILES string of the molecule is COc1ccc(CNc2cccc(F)c2F)cc1Br. The van der Waals surface area contributed by atoms with Gasteiger partial charge in [0.2, 0.25) is 0 Å². The quantitative estimate of drug-likeness (QED) is 0.901. The Bertz CT molecular complexity index is 590. The first kappa shape index (κ1) is 13.8. The van der Waals surface area contributed by atoms with Crippen molar-refractivity contribution in [3.05, 3.63) is 58.1 Å². The van der Waals surface area contributed by atoms with E-state index in [0.29, 0.717) is 6.54 Å². The summed E-state index contributed by atoms with van der Waals surface area (Å²) >= 11 is 3.37. The van der Waals surface area contributed by atoms with Crippen molar-refractivity contribution in [2.45, 2.75) is 6.54 Å². The molecule has 0 fully saturated rings. The molecule has 100 valence electrons. The fourth-order valence-electron chi connectivity index (χ4n) is 1.66. The number of hydrogen-bond donors (Lipinski definition) is 1. The molecule has 0 amide bonds. The average Bonchev–Trinajstić information content (AvgIpc) is 2.40. The number of ether oxygens (including phenoxy) is 1. The highest BCUT2D eigenvalue weighted by Crippen LogP contribution is 2.26. The van der Waals surface area contributed by atoms with Crippen molar-refractivity contribution in [2.75, 3.05) is 12.4 Å². The third-order valence-electron chi connectivity index (χ3n) is 2.65. The van der Waals surface area contributed by atoms with Crippen LogP contribution >= 0.6 is 15.9 Å². The lowest BCUT2D eigenvalue weighted by atomic mass is 10.2. The van der Waals surface area contributed by atoms with Gasteiger partial charge < -0.3 is 10.1 Å². The Morgan fingerprint density at radius 2 is 2.00 bits per heavy atom. The van der Waals surface area contributed by atoms with Crippen LogP contribution in [0.5, 0.6) is 5.75 Å². The molecule has 2 nitrogen and oxygen atoms in total. The highest BCUT2D eigenvalue weighted by atomic mass is 79.9. The maximum atomic E-state index is 13.4. The van der Waals surface area contributed by atoms with Crippen LogP contribution in [0.25, 0.3) is 0 Å². The van der Waals surface area contributed by atoms with Crippen LogP contribution in [0.4, 0.5) is 14.5 Å². The van der Waals surface area contributed by atoms with E-state index in [2.05, 4.69) is 21.2 Å². The van der Waals surface area contributed by atoms with Gasteiger partial charge in [-0.05, 0) is 45.8 Å². The van der Waals surface area contributed by atoms with E-state index in [1.807, 2.05) is 18.2 Å². The summed E-state index contributed by atoms with van der Waals surface area (Å²) in [6, 6.07) is 9.58. The Balaban J connectivity index is 2.10. The number of rotatable bonds is 4. The molecule has 0 atom stereocenters. The molecule has 2 aromatic carbocycles. The minimum Gasteiger partial charge on any atom is -0.496 e. The van der Waals surface area contributed by atoms with Gasteiger partial charge in [0.25, 0.3) is 0 Å². The van der Waals surface area contributed by atoms with Gasteiger partial charge in [0.1, 0.15) is 5.75 Å². The molecule has 0 spiro atoms. The van der Waals surface area contributed by atoms with E-state index in [-0.39, 0.29) is 5.69 Å². The van der Waals surface area contributed by atoms with Crippen LogP contribution in [0.2, 0.25) is 0 Å². The summed E-state index contributed by atoms with van der Waals surface area (Å²) in [7, 11) is 1.58. The zero-order valence-electron chi connectivity index (χ0n) is 10.2. The number of anilines is 1. The largest absolute Gasteiger partial charge is 0.496 e. The van der Waals surface area contributed by atoms with Crippen molar-refractivity contribution < 1.29 is 13.5 Å². The predicted octanol–water partition coefficient (Wildman–Crippen LogP) is 4.35. The van der Waals surface area contributed by atoms with Gasteiger partial charge in [-0.1, -0.05) is 12.1 Å². The van der Waals surface area contributed by atoms with E-state index in [9.17, 15) is 8.78 Å². The van der Waals surface area contributed by atoms with Crippen LogP contribution in [0.15, 0.2) is 40.9 Å². The van der Waals surface area contributed by atoms with Crippen LogP contribution in [-0.2, 0) is 6.54 Å². The van der Waals surface area contributed by atoms with Crippen molar-refractivity contribution in [1.82, 2.24) is 0 Å². The van der Waals surface area contributed by atoms with E-state index in [4.69, 9.17) is 4.74 Å². The summed E-state index contributed by atoms with van der Waals surface area (Å²) in [5, 5.41) is 2.86. The standard InChI is InChI=1S/C14H12BrF2NO/c1-19-13-6-5-9(7-10(13)15)8-18-12-4-2-3-11(16)14(12)17/h2-7,18H,8H2,1H3. The summed E-state index contributed by atoms with van der Waals surface area (Å²) < 4.78 is 32.4. The fraction of sp³-hybridized carbons (Fsp3) is 0.143. The maximum Gasteiger partial charge on any atom is 0.181 e. The van der Waals surface area contributed by atoms with E-state index >= 15 is 0 Å². The van der Waals surface area contributed by atoms with E-state index in [0.717, 1.165) is 21.9 Å². The summed E-state index contributed by atoms with van der Waals surface area (Å²) in [4.78, 5) is 0. The van der Waals surface area contributed by atoms with E-state index in [1.54, 1.807) is 7.11 Å². The molecule has 0 saturated heterocycles. The van der Waals surface area contributed by atoms with Gasteiger partial charge in [0.05, 0.1) is 17.3 Å². The number of hydrogen-bond acceptors (Lipinski definition) is 2. The number of halogens is 3. The number of benzene rings is 2. The van der Waals surface area contributed by atoms with Crippen LogP contribution in [-0.4, -0.2) is 7.11 Å². The molecule has 0 unspecified atom stereocenters. The van der Waals surface area contributed by atoms with Crippen LogP contribution < -0.4 is 10.1 Å². The van der Waals surface area contributed by atoms with Gasteiger partial charge in [0, 0.05) is 6.54 Å². The summed E-state index contributed by atoms with van der Waals surface area (Å²) in [5.41, 5.74) is 1.07. The first-order valence-corrected chi connectivity index (χ1v) is 6.41. The number of nitrogens with one attached hydrogen (secondary N) is 1. The lowest BCUT2D eigenvalue weighted by molar-refractivity contribution is 0.412. The molecule has 0 aliphatic heterocycles. The summed E-state index contributed by atoms with van der Waals surface area (Å²) in [5.74, 6) is -1.00. The molecule has 5 heteroatoms. The highest BCUT2D eigenvalue weighted by molar-refractivity contribution is 9.10. The van der Waals surface area contributed by atoms with Crippen molar-refractivity contribution in [2.24, 2.45) is 0 Å². The molecule has 0 bridgehead atoms. The Hall–Kier alpha value is -1.62. The lowest BCUT2D eigenvalue weighted by Crippen LogP contribution is -2.02. The molecule has 0 aliphatic rings. The lowest BCUT2D eigenvalue weighted by Gasteiger charge is -2.09. The average molecular weight is 328 g/mol. The zero-order valence-corrected chi connectivity index (χ0v) is 11.8. The van der Waals surface area contributed by atoms with Crippen LogP contribution in [0.1, 0.15) is 5.56 Å². The van der Waals surface area contributed by atoms with Gasteiger partial charge in [-0.15, -0.1) is 0 Å². The zero-order chi connectivity index (χ0) is 13.8. The van der Waals surface area contributed by atoms with Crippen molar-refractivity contribution in [3.63, 3.8) is 0 Å². The number of methoxy groups -OCH3 is 1. The summed E-state index contributed by atoms with van der Waals surface area (Å²) in [6.07, 6.45) is 0. The highest BCUT2D eigenvalue weighted by Gasteiger charge is 2.07. The van der Waals surface area contributed by atoms with Gasteiger partial charge in [0.15, 0.2) is 11.6 Å². The molecule has 1 N–H and O–H groups in total. The van der Waals surface area contributed by atoms with Gasteiger partial charge in [-0.25, -0.2) is 8.78 Å². The monoisotopic (exact) mass is 327 g/mol. The molecule has 2 rings (SSSR count). The van der Waals surface area contributed by atoms with Gasteiger partial charge >= 0.3 is 0 Å². The molecular weight excluding hydrogens is 316 g/mol. The van der Waals surface area contributed by atoms with E-state index in [1.165, 1.54) is 12.1 Å². The smallest absolute Gasteiger partial charge is 0.181 e. The van der Waals surface area contributed by atoms with Crippen molar-refractivity contribution in [1.29, 1.82) is 0 Å². The van der Waals surface area contributed by atoms with Gasteiger partial charge in [-0.2, -0.15) is 0 Å². The topological polar surface area (TPSA) is 21.3 Å². The Morgan fingerprint density at radius 3 is 2.68 bits per heavy atom. The molecular formula is C14H12BrF2NO. The minimum absolute atomic E-state index is 0.145.